The Balaban J connectivity index is 1.58. The largest absolute Gasteiger partial charge is 0.342 e. The Morgan fingerprint density at radius 3 is 2.56 bits per heavy atom. The van der Waals surface area contributed by atoms with E-state index in [0.29, 0.717) is 32.6 Å². The first-order valence-corrected chi connectivity index (χ1v) is 8.92. The van der Waals surface area contributed by atoms with Crippen molar-refractivity contribution in [1.29, 1.82) is 0 Å². The van der Waals surface area contributed by atoms with E-state index in [0.717, 1.165) is 29.6 Å². The lowest BCUT2D eigenvalue weighted by atomic mass is 10.1. The van der Waals surface area contributed by atoms with Crippen LogP contribution in [0.1, 0.15) is 24.5 Å². The molecular weight excluding hydrogens is 318 g/mol. The standard InChI is InChI=1S/C19H25N3O3/c1-3-14-6-4-5-13(2)17(14)20-18(24)15-11-16(15)19(25)22-9-7-21(12-23)8-10-22/h4-6,12,15-16H,3,7-11H2,1-2H3,(H,20,24). The van der Waals surface area contributed by atoms with Crippen LogP contribution in [-0.2, 0) is 20.8 Å². The van der Waals surface area contributed by atoms with E-state index in [2.05, 4.69) is 12.2 Å². The van der Waals surface area contributed by atoms with E-state index in [1.165, 1.54) is 0 Å². The van der Waals surface area contributed by atoms with Crippen molar-refractivity contribution < 1.29 is 14.4 Å². The van der Waals surface area contributed by atoms with Gasteiger partial charge >= 0.3 is 0 Å². The van der Waals surface area contributed by atoms with Crippen LogP contribution in [0.15, 0.2) is 18.2 Å². The first-order valence-electron chi connectivity index (χ1n) is 8.92. The third-order valence-corrected chi connectivity index (χ3v) is 5.21. The number of nitrogens with one attached hydrogen (secondary N) is 1. The average molecular weight is 343 g/mol. The van der Waals surface area contributed by atoms with Crippen LogP contribution in [0.25, 0.3) is 0 Å². The van der Waals surface area contributed by atoms with Crippen molar-refractivity contribution in [2.24, 2.45) is 11.8 Å². The maximum atomic E-state index is 12.6. The second-order valence-corrected chi connectivity index (χ2v) is 6.87. The van der Waals surface area contributed by atoms with Crippen molar-refractivity contribution >= 4 is 23.9 Å². The van der Waals surface area contributed by atoms with Crippen molar-refractivity contribution in [3.05, 3.63) is 29.3 Å². The SMILES string of the molecule is CCc1cccc(C)c1NC(=O)C1CC1C(=O)N1CCN(C=O)CC1. The lowest BCUT2D eigenvalue weighted by molar-refractivity contribution is -0.137. The van der Waals surface area contributed by atoms with Crippen molar-refractivity contribution in [3.63, 3.8) is 0 Å². The van der Waals surface area contributed by atoms with Gasteiger partial charge in [-0.15, -0.1) is 0 Å². The second kappa shape index (κ2) is 7.25. The number of rotatable bonds is 5. The zero-order chi connectivity index (χ0) is 18.0. The zero-order valence-electron chi connectivity index (χ0n) is 14.8. The number of hydrogen-bond acceptors (Lipinski definition) is 3. The molecule has 1 aromatic rings. The molecule has 2 fully saturated rings. The average Bonchev–Trinajstić information content (AvgIpc) is 3.43. The number of piperazine rings is 1. The van der Waals surface area contributed by atoms with Gasteiger partial charge < -0.3 is 15.1 Å². The van der Waals surface area contributed by atoms with E-state index < -0.39 is 0 Å². The van der Waals surface area contributed by atoms with Crippen LogP contribution >= 0.6 is 0 Å². The molecule has 1 saturated heterocycles. The molecule has 1 aromatic carbocycles. The fraction of sp³-hybridized carbons (Fsp3) is 0.526. The summed E-state index contributed by atoms with van der Waals surface area (Å²) in [5.74, 6) is -0.460. The van der Waals surface area contributed by atoms with Gasteiger partial charge in [0, 0.05) is 31.9 Å². The van der Waals surface area contributed by atoms with Gasteiger partial charge in [0.15, 0.2) is 0 Å². The van der Waals surface area contributed by atoms with E-state index >= 15 is 0 Å². The monoisotopic (exact) mass is 343 g/mol. The molecule has 0 radical (unpaired) electrons. The predicted molar refractivity (Wildman–Crippen MR) is 95.0 cm³/mol. The van der Waals surface area contributed by atoms with E-state index in [-0.39, 0.29) is 23.7 Å². The summed E-state index contributed by atoms with van der Waals surface area (Å²) >= 11 is 0. The van der Waals surface area contributed by atoms with Crippen LogP contribution in [0, 0.1) is 18.8 Å². The Bertz CT molecular complexity index is 680. The minimum atomic E-state index is -0.235. The molecule has 6 heteroatoms. The summed E-state index contributed by atoms with van der Waals surface area (Å²) in [5, 5.41) is 3.03. The summed E-state index contributed by atoms with van der Waals surface area (Å²) in [5.41, 5.74) is 3.04. The van der Waals surface area contributed by atoms with E-state index in [9.17, 15) is 14.4 Å². The molecule has 3 amide bonds. The lowest BCUT2D eigenvalue weighted by Crippen LogP contribution is -2.48. The summed E-state index contributed by atoms with van der Waals surface area (Å²) in [6.07, 6.45) is 2.29. The zero-order valence-corrected chi connectivity index (χ0v) is 14.8. The second-order valence-electron chi connectivity index (χ2n) is 6.87. The predicted octanol–water partition coefficient (Wildman–Crippen LogP) is 1.43. The highest BCUT2D eigenvalue weighted by Gasteiger charge is 2.49. The lowest BCUT2D eigenvalue weighted by Gasteiger charge is -2.32. The first kappa shape index (κ1) is 17.5. The van der Waals surface area contributed by atoms with Gasteiger partial charge in [-0.1, -0.05) is 25.1 Å². The van der Waals surface area contributed by atoms with Crippen molar-refractivity contribution in [2.45, 2.75) is 26.7 Å². The van der Waals surface area contributed by atoms with Crippen LogP contribution in [0.2, 0.25) is 0 Å². The highest BCUT2D eigenvalue weighted by Crippen LogP contribution is 2.41. The van der Waals surface area contributed by atoms with Crippen LogP contribution in [0.5, 0.6) is 0 Å². The minimum absolute atomic E-state index is 0.0474. The number of anilines is 1. The van der Waals surface area contributed by atoms with E-state index in [1.54, 1.807) is 9.80 Å². The summed E-state index contributed by atoms with van der Waals surface area (Å²) in [6.45, 7) is 6.30. The molecule has 2 unspecified atom stereocenters. The number of carbonyl (C=O) groups excluding carboxylic acids is 3. The summed E-state index contributed by atoms with van der Waals surface area (Å²) < 4.78 is 0. The highest BCUT2D eigenvalue weighted by molar-refractivity contribution is 6.00. The normalized spacial score (nSPS) is 22.5. The smallest absolute Gasteiger partial charge is 0.228 e. The van der Waals surface area contributed by atoms with Crippen LogP contribution in [0.4, 0.5) is 5.69 Å². The molecule has 134 valence electrons. The van der Waals surface area contributed by atoms with Gasteiger partial charge in [0.05, 0.1) is 11.8 Å². The van der Waals surface area contributed by atoms with Gasteiger partial charge in [-0.25, -0.2) is 0 Å². The Morgan fingerprint density at radius 1 is 1.20 bits per heavy atom. The fourth-order valence-electron chi connectivity index (χ4n) is 3.46. The summed E-state index contributed by atoms with van der Waals surface area (Å²) in [7, 11) is 0. The Kier molecular flexibility index (Phi) is 5.06. The number of nitrogens with zero attached hydrogens (tertiary/aromatic N) is 2. The molecule has 1 aliphatic carbocycles. The molecule has 2 atom stereocenters. The van der Waals surface area contributed by atoms with Crippen LogP contribution in [0.3, 0.4) is 0 Å². The van der Waals surface area contributed by atoms with E-state index in [4.69, 9.17) is 0 Å². The molecule has 3 rings (SSSR count). The van der Waals surface area contributed by atoms with Crippen molar-refractivity contribution in [3.8, 4) is 0 Å². The number of para-hydroxylation sites is 1. The molecule has 0 aromatic heterocycles. The number of carbonyl (C=O) groups is 3. The minimum Gasteiger partial charge on any atom is -0.342 e. The van der Waals surface area contributed by atoms with Gasteiger partial charge in [-0.2, -0.15) is 0 Å². The first-order chi connectivity index (χ1) is 12.0. The molecule has 1 N–H and O–H groups in total. The fourth-order valence-corrected chi connectivity index (χ4v) is 3.46. The van der Waals surface area contributed by atoms with Crippen LogP contribution < -0.4 is 5.32 Å². The molecule has 1 saturated carbocycles. The van der Waals surface area contributed by atoms with E-state index in [1.807, 2.05) is 25.1 Å². The van der Waals surface area contributed by atoms with Crippen LogP contribution in [-0.4, -0.2) is 54.2 Å². The van der Waals surface area contributed by atoms with Crippen molar-refractivity contribution in [1.82, 2.24) is 9.80 Å². The molecule has 25 heavy (non-hydrogen) atoms. The molecule has 6 nitrogen and oxygen atoms in total. The molecule has 1 heterocycles. The number of hydrogen-bond donors (Lipinski definition) is 1. The number of aryl methyl sites for hydroxylation is 2. The topological polar surface area (TPSA) is 69.7 Å². The Morgan fingerprint density at radius 2 is 1.92 bits per heavy atom. The third kappa shape index (κ3) is 3.67. The molecular formula is C19H25N3O3. The Hall–Kier alpha value is -2.37. The molecule has 0 spiro atoms. The third-order valence-electron chi connectivity index (χ3n) is 5.21. The van der Waals surface area contributed by atoms with Gasteiger partial charge in [-0.05, 0) is 30.9 Å². The van der Waals surface area contributed by atoms with Gasteiger partial charge in [-0.3, -0.25) is 14.4 Å². The molecule has 2 aliphatic rings. The summed E-state index contributed by atoms with van der Waals surface area (Å²) in [4.78, 5) is 39.3. The van der Waals surface area contributed by atoms with Gasteiger partial charge in [0.2, 0.25) is 18.2 Å². The van der Waals surface area contributed by atoms with Gasteiger partial charge in [0.1, 0.15) is 0 Å². The van der Waals surface area contributed by atoms with Crippen molar-refractivity contribution in [2.75, 3.05) is 31.5 Å². The highest BCUT2D eigenvalue weighted by atomic mass is 16.2. The number of benzene rings is 1. The molecule has 1 aliphatic heterocycles. The summed E-state index contributed by atoms with van der Waals surface area (Å²) in [6, 6.07) is 5.99. The maximum absolute atomic E-state index is 12.6. The Labute approximate surface area is 148 Å². The number of amides is 3. The molecule has 0 bridgehead atoms. The van der Waals surface area contributed by atoms with Gasteiger partial charge in [0.25, 0.3) is 0 Å². The maximum Gasteiger partial charge on any atom is 0.228 e. The quantitative estimate of drug-likeness (QED) is 0.823.